The summed E-state index contributed by atoms with van der Waals surface area (Å²) in [5.41, 5.74) is 1.74. The number of benzene rings is 2. The molecule has 2 aromatic rings. The molecule has 0 saturated carbocycles. The van der Waals surface area contributed by atoms with Crippen molar-refractivity contribution in [3.8, 4) is 0 Å². The molecule has 0 radical (unpaired) electrons. The van der Waals surface area contributed by atoms with Crippen LogP contribution in [0, 0.1) is 0 Å². The minimum atomic E-state index is -0.255. The Labute approximate surface area is 146 Å². The van der Waals surface area contributed by atoms with Crippen molar-refractivity contribution in [1.29, 1.82) is 0 Å². The number of para-hydroxylation sites is 1. The van der Waals surface area contributed by atoms with Crippen molar-refractivity contribution in [2.24, 2.45) is 0 Å². The average molecular weight is 347 g/mol. The fourth-order valence-electron chi connectivity index (χ4n) is 2.13. The molecule has 0 saturated heterocycles. The molecule has 0 fully saturated rings. The summed E-state index contributed by atoms with van der Waals surface area (Å²) in [7, 11) is 1.57. The van der Waals surface area contributed by atoms with Crippen molar-refractivity contribution in [3.63, 3.8) is 0 Å². The van der Waals surface area contributed by atoms with Gasteiger partial charge < -0.3 is 15.4 Å². The number of anilines is 1. The summed E-state index contributed by atoms with van der Waals surface area (Å²) in [6, 6.07) is 14.0. The van der Waals surface area contributed by atoms with Crippen molar-refractivity contribution < 1.29 is 14.3 Å². The SMILES string of the molecule is COCCNC(=O)c1ccccc1NC(=O)Cc1ccc(Cl)cc1. The van der Waals surface area contributed by atoms with E-state index in [2.05, 4.69) is 10.6 Å². The largest absolute Gasteiger partial charge is 0.383 e. The normalized spacial score (nSPS) is 10.2. The second kappa shape index (κ2) is 9.05. The molecule has 2 N–H and O–H groups in total. The van der Waals surface area contributed by atoms with Crippen LogP contribution in [0.15, 0.2) is 48.5 Å². The van der Waals surface area contributed by atoms with Crippen LogP contribution >= 0.6 is 11.6 Å². The first-order chi connectivity index (χ1) is 11.6. The highest BCUT2D eigenvalue weighted by Crippen LogP contribution is 2.16. The number of rotatable bonds is 7. The molecule has 0 spiro atoms. The number of nitrogens with one attached hydrogen (secondary N) is 2. The van der Waals surface area contributed by atoms with Crippen LogP contribution in [0.4, 0.5) is 5.69 Å². The van der Waals surface area contributed by atoms with Gasteiger partial charge in [0.05, 0.1) is 24.3 Å². The number of hydrogen-bond acceptors (Lipinski definition) is 3. The first kappa shape index (κ1) is 18.0. The Hall–Kier alpha value is -2.37. The zero-order valence-electron chi connectivity index (χ0n) is 13.3. The van der Waals surface area contributed by atoms with Crippen molar-refractivity contribution >= 4 is 29.1 Å². The third-order valence-electron chi connectivity index (χ3n) is 3.32. The van der Waals surface area contributed by atoms with Gasteiger partial charge in [0, 0.05) is 18.7 Å². The van der Waals surface area contributed by atoms with Crippen LogP contribution in [0.3, 0.4) is 0 Å². The van der Waals surface area contributed by atoms with Crippen LogP contribution in [0.1, 0.15) is 15.9 Å². The van der Waals surface area contributed by atoms with Gasteiger partial charge in [-0.05, 0) is 29.8 Å². The molecule has 0 heterocycles. The fourth-order valence-corrected chi connectivity index (χ4v) is 2.26. The second-order valence-electron chi connectivity index (χ2n) is 5.15. The Morgan fingerprint density at radius 2 is 1.79 bits per heavy atom. The van der Waals surface area contributed by atoms with Crippen molar-refractivity contribution in [3.05, 3.63) is 64.7 Å². The molecule has 0 aliphatic carbocycles. The number of hydrogen-bond donors (Lipinski definition) is 2. The van der Waals surface area contributed by atoms with Gasteiger partial charge in [0.1, 0.15) is 0 Å². The summed E-state index contributed by atoms with van der Waals surface area (Å²) in [4.78, 5) is 24.4. The molecule has 0 aliphatic heterocycles. The highest BCUT2D eigenvalue weighted by atomic mass is 35.5. The summed E-state index contributed by atoms with van der Waals surface area (Å²) < 4.78 is 4.90. The number of halogens is 1. The third-order valence-corrected chi connectivity index (χ3v) is 3.57. The van der Waals surface area contributed by atoms with E-state index in [0.717, 1.165) is 5.56 Å². The van der Waals surface area contributed by atoms with Gasteiger partial charge in [0.25, 0.3) is 5.91 Å². The minimum absolute atomic E-state index is 0.200. The maximum atomic E-state index is 12.2. The molecular weight excluding hydrogens is 328 g/mol. The zero-order chi connectivity index (χ0) is 17.4. The Kier molecular flexibility index (Phi) is 6.78. The van der Waals surface area contributed by atoms with Gasteiger partial charge in [-0.3, -0.25) is 9.59 Å². The highest BCUT2D eigenvalue weighted by molar-refractivity contribution is 6.30. The maximum absolute atomic E-state index is 12.2. The predicted molar refractivity (Wildman–Crippen MR) is 94.4 cm³/mol. The third kappa shape index (κ3) is 5.37. The highest BCUT2D eigenvalue weighted by Gasteiger charge is 2.13. The van der Waals surface area contributed by atoms with Crippen LogP contribution in [0.5, 0.6) is 0 Å². The maximum Gasteiger partial charge on any atom is 0.253 e. The lowest BCUT2D eigenvalue weighted by molar-refractivity contribution is -0.115. The molecule has 0 unspecified atom stereocenters. The van der Waals surface area contributed by atoms with E-state index in [1.165, 1.54) is 0 Å². The predicted octanol–water partition coefficient (Wildman–Crippen LogP) is 2.90. The van der Waals surface area contributed by atoms with E-state index in [4.69, 9.17) is 16.3 Å². The van der Waals surface area contributed by atoms with Gasteiger partial charge in [0.15, 0.2) is 0 Å². The Morgan fingerprint density at radius 3 is 2.50 bits per heavy atom. The van der Waals surface area contributed by atoms with Crippen molar-refractivity contribution in [1.82, 2.24) is 5.32 Å². The number of methoxy groups -OCH3 is 1. The van der Waals surface area contributed by atoms with Crippen LogP contribution < -0.4 is 10.6 Å². The lowest BCUT2D eigenvalue weighted by Crippen LogP contribution is -2.28. The zero-order valence-corrected chi connectivity index (χ0v) is 14.1. The van der Waals surface area contributed by atoms with E-state index < -0.39 is 0 Å². The summed E-state index contributed by atoms with van der Waals surface area (Å²) in [6.07, 6.45) is 0.205. The first-order valence-electron chi connectivity index (χ1n) is 7.50. The van der Waals surface area contributed by atoms with Crippen LogP contribution in [0.2, 0.25) is 5.02 Å². The van der Waals surface area contributed by atoms with E-state index in [-0.39, 0.29) is 18.2 Å². The molecule has 0 aromatic heterocycles. The van der Waals surface area contributed by atoms with Gasteiger partial charge in [-0.15, -0.1) is 0 Å². The number of amides is 2. The molecule has 2 rings (SSSR count). The van der Waals surface area contributed by atoms with Crippen LogP contribution in [0.25, 0.3) is 0 Å². The molecule has 0 aliphatic rings. The van der Waals surface area contributed by atoms with E-state index >= 15 is 0 Å². The summed E-state index contributed by atoms with van der Waals surface area (Å²) in [5, 5.41) is 6.14. The van der Waals surface area contributed by atoms with Gasteiger partial charge >= 0.3 is 0 Å². The number of carbonyl (C=O) groups is 2. The Morgan fingerprint density at radius 1 is 1.08 bits per heavy atom. The topological polar surface area (TPSA) is 67.4 Å². The van der Waals surface area contributed by atoms with E-state index in [1.54, 1.807) is 55.6 Å². The fraction of sp³-hybridized carbons (Fsp3) is 0.222. The number of ether oxygens (including phenoxy) is 1. The number of carbonyl (C=O) groups excluding carboxylic acids is 2. The quantitative estimate of drug-likeness (QED) is 0.757. The minimum Gasteiger partial charge on any atom is -0.383 e. The Bertz CT molecular complexity index is 702. The molecule has 0 bridgehead atoms. The molecule has 2 amide bonds. The molecule has 126 valence electrons. The molecule has 2 aromatic carbocycles. The first-order valence-corrected chi connectivity index (χ1v) is 7.88. The van der Waals surface area contributed by atoms with Crippen molar-refractivity contribution in [2.75, 3.05) is 25.6 Å². The smallest absolute Gasteiger partial charge is 0.253 e. The molecule has 24 heavy (non-hydrogen) atoms. The Balaban J connectivity index is 2.02. The second-order valence-corrected chi connectivity index (χ2v) is 5.58. The molecule has 5 nitrogen and oxygen atoms in total. The molecule has 6 heteroatoms. The van der Waals surface area contributed by atoms with Gasteiger partial charge in [-0.2, -0.15) is 0 Å². The molecular formula is C18H19ClN2O3. The van der Waals surface area contributed by atoms with E-state index in [1.807, 2.05) is 0 Å². The molecule has 0 atom stereocenters. The summed E-state index contributed by atoms with van der Waals surface area (Å²) in [6.45, 7) is 0.833. The van der Waals surface area contributed by atoms with Gasteiger partial charge in [-0.25, -0.2) is 0 Å². The average Bonchev–Trinajstić information content (AvgIpc) is 2.57. The van der Waals surface area contributed by atoms with Crippen LogP contribution in [-0.4, -0.2) is 32.1 Å². The van der Waals surface area contributed by atoms with Gasteiger partial charge in [-0.1, -0.05) is 35.9 Å². The van der Waals surface area contributed by atoms with Gasteiger partial charge in [0.2, 0.25) is 5.91 Å². The lowest BCUT2D eigenvalue weighted by Gasteiger charge is -2.11. The van der Waals surface area contributed by atoms with Crippen LogP contribution in [-0.2, 0) is 16.0 Å². The standard InChI is InChI=1S/C18H19ClN2O3/c1-24-11-10-20-18(23)15-4-2-3-5-16(15)21-17(22)12-13-6-8-14(19)9-7-13/h2-9H,10-12H2,1H3,(H,20,23)(H,21,22). The lowest BCUT2D eigenvalue weighted by atomic mass is 10.1. The summed E-state index contributed by atoms with van der Waals surface area (Å²) >= 11 is 5.83. The van der Waals surface area contributed by atoms with Crippen molar-refractivity contribution in [2.45, 2.75) is 6.42 Å². The monoisotopic (exact) mass is 346 g/mol. The summed E-state index contributed by atoms with van der Waals surface area (Å²) in [5.74, 6) is -0.455. The van der Waals surface area contributed by atoms with E-state index in [9.17, 15) is 9.59 Å². The van der Waals surface area contributed by atoms with E-state index in [0.29, 0.717) is 29.4 Å².